The van der Waals surface area contributed by atoms with Gasteiger partial charge in [0.05, 0.1) is 17.7 Å². The van der Waals surface area contributed by atoms with E-state index in [2.05, 4.69) is 27.2 Å². The Balaban J connectivity index is 2.14. The van der Waals surface area contributed by atoms with Crippen LogP contribution in [0, 0.1) is 0 Å². The number of hydrogen-bond acceptors (Lipinski definition) is 6. The average molecular weight is 275 g/mol. The van der Waals surface area contributed by atoms with Gasteiger partial charge in [0.25, 0.3) is 5.56 Å². The first-order chi connectivity index (χ1) is 9.56. The summed E-state index contributed by atoms with van der Waals surface area (Å²) in [6.07, 6.45) is 1.35. The molecule has 1 aliphatic heterocycles. The van der Waals surface area contributed by atoms with E-state index in [1.807, 2.05) is 6.92 Å². The van der Waals surface area contributed by atoms with Crippen molar-refractivity contribution in [2.75, 3.05) is 12.3 Å². The van der Waals surface area contributed by atoms with E-state index in [0.717, 1.165) is 0 Å². The fourth-order valence-electron chi connectivity index (χ4n) is 2.60. The SMILES string of the molecule is C[C@@H]1N[C@@H](C)COC1c1nccc2c(=O)[nH]c(N)nc12. The van der Waals surface area contributed by atoms with Crippen LogP contribution in [0.2, 0.25) is 0 Å². The first kappa shape index (κ1) is 13.0. The summed E-state index contributed by atoms with van der Waals surface area (Å²) in [7, 11) is 0. The predicted octanol–water partition coefficient (Wildman–Crippen LogP) is 0.338. The molecule has 2 aromatic rings. The largest absolute Gasteiger partial charge is 0.369 e. The highest BCUT2D eigenvalue weighted by atomic mass is 16.5. The van der Waals surface area contributed by atoms with Gasteiger partial charge >= 0.3 is 0 Å². The second kappa shape index (κ2) is 4.84. The van der Waals surface area contributed by atoms with Gasteiger partial charge < -0.3 is 15.8 Å². The highest BCUT2D eigenvalue weighted by molar-refractivity contribution is 5.80. The lowest BCUT2D eigenvalue weighted by Crippen LogP contribution is -2.47. The molecule has 3 atom stereocenters. The Kier molecular flexibility index (Phi) is 3.15. The molecule has 1 fully saturated rings. The zero-order valence-corrected chi connectivity index (χ0v) is 11.4. The monoisotopic (exact) mass is 275 g/mol. The van der Waals surface area contributed by atoms with Crippen LogP contribution in [0.25, 0.3) is 10.9 Å². The summed E-state index contributed by atoms with van der Waals surface area (Å²) >= 11 is 0. The molecule has 0 saturated carbocycles. The lowest BCUT2D eigenvalue weighted by Gasteiger charge is -2.34. The molecule has 20 heavy (non-hydrogen) atoms. The van der Waals surface area contributed by atoms with Crippen LogP contribution in [-0.2, 0) is 4.74 Å². The Hall–Kier alpha value is -1.99. The fourth-order valence-corrected chi connectivity index (χ4v) is 2.60. The molecule has 1 aliphatic rings. The van der Waals surface area contributed by atoms with E-state index in [-0.39, 0.29) is 29.7 Å². The van der Waals surface area contributed by atoms with Gasteiger partial charge in [-0.1, -0.05) is 0 Å². The minimum atomic E-state index is -0.263. The number of ether oxygens (including phenoxy) is 1. The third-order valence-electron chi connectivity index (χ3n) is 3.47. The maximum Gasteiger partial charge on any atom is 0.260 e. The van der Waals surface area contributed by atoms with Crippen LogP contribution in [0.1, 0.15) is 25.6 Å². The molecule has 1 unspecified atom stereocenters. The maximum atomic E-state index is 11.9. The summed E-state index contributed by atoms with van der Waals surface area (Å²) in [5, 5.41) is 3.88. The van der Waals surface area contributed by atoms with E-state index >= 15 is 0 Å². The number of nitrogens with one attached hydrogen (secondary N) is 2. The van der Waals surface area contributed by atoms with Crippen LogP contribution in [0.4, 0.5) is 5.95 Å². The smallest absolute Gasteiger partial charge is 0.260 e. The molecule has 3 heterocycles. The Morgan fingerprint density at radius 3 is 3.00 bits per heavy atom. The van der Waals surface area contributed by atoms with Crippen LogP contribution in [0.5, 0.6) is 0 Å². The van der Waals surface area contributed by atoms with Gasteiger partial charge in [0.1, 0.15) is 11.6 Å². The van der Waals surface area contributed by atoms with Crippen molar-refractivity contribution in [3.8, 4) is 0 Å². The van der Waals surface area contributed by atoms with Gasteiger partial charge in [0.15, 0.2) is 0 Å². The average Bonchev–Trinajstić information content (AvgIpc) is 2.38. The number of H-pyrrole nitrogens is 1. The second-order valence-corrected chi connectivity index (χ2v) is 5.15. The third kappa shape index (κ3) is 2.14. The van der Waals surface area contributed by atoms with Gasteiger partial charge in [-0.05, 0) is 19.9 Å². The lowest BCUT2D eigenvalue weighted by molar-refractivity contribution is -0.0222. The normalized spacial score (nSPS) is 26.8. The number of anilines is 1. The summed E-state index contributed by atoms with van der Waals surface area (Å²) < 4.78 is 5.86. The molecule has 0 radical (unpaired) electrons. The number of nitrogens with two attached hydrogens (primary N) is 1. The van der Waals surface area contributed by atoms with Gasteiger partial charge in [-0.2, -0.15) is 0 Å². The van der Waals surface area contributed by atoms with Crippen molar-refractivity contribution in [1.82, 2.24) is 20.3 Å². The molecular weight excluding hydrogens is 258 g/mol. The molecule has 0 bridgehead atoms. The number of fused-ring (bicyclic) bond motifs is 1. The molecule has 0 aromatic carbocycles. The number of morpholine rings is 1. The Labute approximate surface area is 115 Å². The maximum absolute atomic E-state index is 11.9. The van der Waals surface area contributed by atoms with Crippen molar-refractivity contribution in [3.63, 3.8) is 0 Å². The number of pyridine rings is 1. The quantitative estimate of drug-likeness (QED) is 0.693. The number of aromatic amines is 1. The van der Waals surface area contributed by atoms with E-state index in [1.54, 1.807) is 12.3 Å². The van der Waals surface area contributed by atoms with Crippen LogP contribution in [0.15, 0.2) is 17.1 Å². The van der Waals surface area contributed by atoms with Gasteiger partial charge in [-0.3, -0.25) is 14.8 Å². The Bertz CT molecular complexity index is 699. The fraction of sp³-hybridized carbons (Fsp3) is 0.462. The Morgan fingerprint density at radius 1 is 1.45 bits per heavy atom. The van der Waals surface area contributed by atoms with Crippen LogP contribution < -0.4 is 16.6 Å². The van der Waals surface area contributed by atoms with Crippen molar-refractivity contribution in [1.29, 1.82) is 0 Å². The van der Waals surface area contributed by atoms with Crippen LogP contribution in [0.3, 0.4) is 0 Å². The van der Waals surface area contributed by atoms with Gasteiger partial charge in [-0.15, -0.1) is 0 Å². The number of nitrogen functional groups attached to an aromatic ring is 1. The number of rotatable bonds is 1. The summed E-state index contributed by atoms with van der Waals surface area (Å²) in [4.78, 5) is 23.0. The van der Waals surface area contributed by atoms with Gasteiger partial charge in [0, 0.05) is 18.3 Å². The molecule has 1 saturated heterocycles. The van der Waals surface area contributed by atoms with E-state index in [1.165, 1.54) is 0 Å². The van der Waals surface area contributed by atoms with Crippen molar-refractivity contribution in [3.05, 3.63) is 28.3 Å². The molecule has 7 heteroatoms. The molecule has 0 spiro atoms. The standard InChI is InChI=1S/C13H17N5O2/c1-6-5-20-11(7(2)16-6)10-9-8(3-4-15-10)12(19)18-13(14)17-9/h3-4,6-7,11,16H,5H2,1-2H3,(H3,14,17,18,19)/t6-,7-,11?/m0/s1. The van der Waals surface area contributed by atoms with Gasteiger partial charge in [-0.25, -0.2) is 4.98 Å². The minimum Gasteiger partial charge on any atom is -0.369 e. The van der Waals surface area contributed by atoms with E-state index in [0.29, 0.717) is 23.2 Å². The number of nitrogens with zero attached hydrogens (tertiary/aromatic N) is 2. The number of aromatic nitrogens is 3. The summed E-state index contributed by atoms with van der Waals surface area (Å²) in [6.45, 7) is 4.67. The van der Waals surface area contributed by atoms with Crippen molar-refractivity contribution in [2.24, 2.45) is 0 Å². The molecule has 2 aromatic heterocycles. The highest BCUT2D eigenvalue weighted by Gasteiger charge is 2.30. The first-order valence-electron chi connectivity index (χ1n) is 6.58. The zero-order chi connectivity index (χ0) is 14.3. The van der Waals surface area contributed by atoms with Crippen molar-refractivity contribution in [2.45, 2.75) is 32.0 Å². The molecule has 106 valence electrons. The molecule has 3 rings (SSSR count). The highest BCUT2D eigenvalue weighted by Crippen LogP contribution is 2.27. The predicted molar refractivity (Wildman–Crippen MR) is 75.3 cm³/mol. The van der Waals surface area contributed by atoms with Crippen molar-refractivity contribution < 1.29 is 4.74 Å². The Morgan fingerprint density at radius 2 is 2.25 bits per heavy atom. The lowest BCUT2D eigenvalue weighted by atomic mass is 10.0. The van der Waals surface area contributed by atoms with E-state index < -0.39 is 0 Å². The molecule has 0 aliphatic carbocycles. The molecule has 0 amide bonds. The second-order valence-electron chi connectivity index (χ2n) is 5.15. The minimum absolute atomic E-state index is 0.0826. The van der Waals surface area contributed by atoms with Crippen molar-refractivity contribution >= 4 is 16.9 Å². The molecular formula is C13H17N5O2. The van der Waals surface area contributed by atoms with Gasteiger partial charge in [0.2, 0.25) is 5.95 Å². The third-order valence-corrected chi connectivity index (χ3v) is 3.47. The molecule has 7 nitrogen and oxygen atoms in total. The van der Waals surface area contributed by atoms with Crippen LogP contribution >= 0.6 is 0 Å². The van der Waals surface area contributed by atoms with Crippen LogP contribution in [-0.4, -0.2) is 33.6 Å². The van der Waals surface area contributed by atoms with E-state index in [4.69, 9.17) is 10.5 Å². The molecule has 4 N–H and O–H groups in total. The number of hydrogen-bond donors (Lipinski definition) is 3. The zero-order valence-electron chi connectivity index (χ0n) is 11.4. The summed E-state index contributed by atoms with van der Waals surface area (Å²) in [5.41, 5.74) is 6.51. The summed E-state index contributed by atoms with van der Waals surface area (Å²) in [5.74, 6) is 0.0848. The summed E-state index contributed by atoms with van der Waals surface area (Å²) in [6, 6.07) is 2.00. The topological polar surface area (TPSA) is 106 Å². The van der Waals surface area contributed by atoms with E-state index in [9.17, 15) is 4.79 Å². The first-order valence-corrected chi connectivity index (χ1v) is 6.58.